The predicted molar refractivity (Wildman–Crippen MR) is 105 cm³/mol. The molecule has 1 saturated heterocycles. The van der Waals surface area contributed by atoms with Crippen molar-refractivity contribution in [2.45, 2.75) is 46.8 Å². The van der Waals surface area contributed by atoms with Crippen LogP contribution in [0.3, 0.4) is 0 Å². The van der Waals surface area contributed by atoms with Crippen LogP contribution in [0.15, 0.2) is 42.5 Å². The van der Waals surface area contributed by atoms with Crippen LogP contribution in [-0.2, 0) is 15.9 Å². The third kappa shape index (κ3) is 2.51. The van der Waals surface area contributed by atoms with Crippen LogP contribution >= 0.6 is 0 Å². The Labute approximate surface area is 150 Å². The van der Waals surface area contributed by atoms with Crippen LogP contribution in [0.25, 0.3) is 21.8 Å². The van der Waals surface area contributed by atoms with E-state index in [0.717, 1.165) is 12.0 Å². The Morgan fingerprint density at radius 1 is 1.00 bits per heavy atom. The number of aromatic nitrogens is 1. The summed E-state index contributed by atoms with van der Waals surface area (Å²) < 4.78 is 14.8. The summed E-state index contributed by atoms with van der Waals surface area (Å²) in [5.74, 6) is 0. The van der Waals surface area contributed by atoms with E-state index >= 15 is 0 Å². The molecule has 0 amide bonds. The van der Waals surface area contributed by atoms with Crippen molar-refractivity contribution in [3.8, 4) is 0 Å². The standard InChI is InChI=1S/C21H26BNO2/c1-6-23-18-10-8-7-9-16(18)17-12-11-15(13-19(17)23)22-24-14-20(2,3)21(4,5)25-22/h7-13H,6,14H2,1-5H3. The summed E-state index contributed by atoms with van der Waals surface area (Å²) in [6.45, 7) is 12.5. The van der Waals surface area contributed by atoms with Gasteiger partial charge in [-0.15, -0.1) is 0 Å². The van der Waals surface area contributed by atoms with E-state index in [4.69, 9.17) is 9.31 Å². The van der Waals surface area contributed by atoms with Crippen molar-refractivity contribution in [1.29, 1.82) is 0 Å². The van der Waals surface area contributed by atoms with E-state index in [-0.39, 0.29) is 18.1 Å². The molecular formula is C21H26BNO2. The number of nitrogens with zero attached hydrogens (tertiary/aromatic N) is 1. The molecule has 1 aliphatic rings. The van der Waals surface area contributed by atoms with Crippen LogP contribution in [0.1, 0.15) is 34.6 Å². The first-order chi connectivity index (χ1) is 11.8. The molecule has 1 aliphatic heterocycles. The van der Waals surface area contributed by atoms with E-state index in [0.29, 0.717) is 6.61 Å². The summed E-state index contributed by atoms with van der Waals surface area (Å²) in [7, 11) is -0.309. The lowest BCUT2D eigenvalue weighted by molar-refractivity contribution is -0.0937. The highest BCUT2D eigenvalue weighted by Crippen LogP contribution is 2.38. The van der Waals surface area contributed by atoms with Gasteiger partial charge >= 0.3 is 7.12 Å². The first kappa shape index (κ1) is 16.7. The Balaban J connectivity index is 1.81. The maximum Gasteiger partial charge on any atom is 0.494 e. The van der Waals surface area contributed by atoms with E-state index in [1.165, 1.54) is 21.8 Å². The third-order valence-corrected chi connectivity index (χ3v) is 6.01. The first-order valence-electron chi connectivity index (χ1n) is 9.14. The molecule has 1 fully saturated rings. The summed E-state index contributed by atoms with van der Waals surface area (Å²) in [6.07, 6.45) is 0. The number of aryl methyl sites for hydroxylation is 1. The minimum Gasteiger partial charge on any atom is -0.407 e. The molecule has 25 heavy (non-hydrogen) atoms. The van der Waals surface area contributed by atoms with Gasteiger partial charge in [0.25, 0.3) is 0 Å². The number of fused-ring (bicyclic) bond motifs is 3. The molecule has 1 aromatic heterocycles. The minimum atomic E-state index is -0.309. The van der Waals surface area contributed by atoms with Gasteiger partial charge < -0.3 is 13.9 Å². The molecular weight excluding hydrogens is 309 g/mol. The summed E-state index contributed by atoms with van der Waals surface area (Å²) in [6, 6.07) is 15.2. The molecule has 130 valence electrons. The van der Waals surface area contributed by atoms with Crippen LogP contribution < -0.4 is 5.46 Å². The molecule has 0 spiro atoms. The van der Waals surface area contributed by atoms with Crippen LogP contribution in [-0.4, -0.2) is 23.9 Å². The second kappa shape index (κ2) is 5.62. The van der Waals surface area contributed by atoms with E-state index < -0.39 is 0 Å². The number of rotatable bonds is 2. The van der Waals surface area contributed by atoms with Gasteiger partial charge in [-0.2, -0.15) is 0 Å². The van der Waals surface area contributed by atoms with Crippen molar-refractivity contribution >= 4 is 34.4 Å². The van der Waals surface area contributed by atoms with Crippen molar-refractivity contribution in [2.24, 2.45) is 5.41 Å². The lowest BCUT2D eigenvalue weighted by Crippen LogP contribution is -2.58. The zero-order valence-electron chi connectivity index (χ0n) is 15.8. The number of hydrogen-bond donors (Lipinski definition) is 0. The Bertz CT molecular complexity index is 942. The summed E-state index contributed by atoms with van der Waals surface area (Å²) in [5, 5.41) is 2.59. The third-order valence-electron chi connectivity index (χ3n) is 6.01. The summed E-state index contributed by atoms with van der Waals surface area (Å²) >= 11 is 0. The Morgan fingerprint density at radius 3 is 2.44 bits per heavy atom. The fourth-order valence-corrected chi connectivity index (χ4v) is 3.64. The molecule has 0 unspecified atom stereocenters. The average molecular weight is 335 g/mol. The van der Waals surface area contributed by atoms with Crippen molar-refractivity contribution in [3.63, 3.8) is 0 Å². The molecule has 0 bridgehead atoms. The Morgan fingerprint density at radius 2 is 1.72 bits per heavy atom. The monoisotopic (exact) mass is 335 g/mol. The molecule has 0 N–H and O–H groups in total. The van der Waals surface area contributed by atoms with Gasteiger partial charge in [-0.25, -0.2) is 0 Å². The van der Waals surface area contributed by atoms with Crippen LogP contribution in [0, 0.1) is 5.41 Å². The molecule has 0 aliphatic carbocycles. The lowest BCUT2D eigenvalue weighted by atomic mass is 9.69. The Hall–Kier alpha value is -1.78. The largest absolute Gasteiger partial charge is 0.494 e. The number of hydrogen-bond acceptors (Lipinski definition) is 2. The minimum absolute atomic E-state index is 0.00802. The SMILES string of the molecule is CCn1c2ccccc2c2ccc(B3OCC(C)(C)C(C)(C)O3)cc21. The van der Waals surface area contributed by atoms with Crippen LogP contribution in [0.4, 0.5) is 0 Å². The van der Waals surface area contributed by atoms with Crippen LogP contribution in [0.2, 0.25) is 0 Å². The van der Waals surface area contributed by atoms with Gasteiger partial charge in [0.1, 0.15) is 0 Å². The smallest absolute Gasteiger partial charge is 0.407 e. The maximum absolute atomic E-state index is 6.34. The molecule has 4 heteroatoms. The summed E-state index contributed by atoms with van der Waals surface area (Å²) in [4.78, 5) is 0. The van der Waals surface area contributed by atoms with Crippen LogP contribution in [0.5, 0.6) is 0 Å². The van der Waals surface area contributed by atoms with Gasteiger partial charge in [0.2, 0.25) is 0 Å². The first-order valence-corrected chi connectivity index (χ1v) is 9.14. The zero-order valence-corrected chi connectivity index (χ0v) is 15.8. The van der Waals surface area contributed by atoms with Gasteiger partial charge in [0.05, 0.1) is 5.60 Å². The van der Waals surface area contributed by atoms with Crippen molar-refractivity contribution < 1.29 is 9.31 Å². The quantitative estimate of drug-likeness (QED) is 0.650. The van der Waals surface area contributed by atoms with Crippen molar-refractivity contribution in [3.05, 3.63) is 42.5 Å². The Kier molecular flexibility index (Phi) is 3.75. The lowest BCUT2D eigenvalue weighted by Gasteiger charge is -2.47. The molecule has 2 aromatic carbocycles. The topological polar surface area (TPSA) is 23.4 Å². The van der Waals surface area contributed by atoms with E-state index in [2.05, 4.69) is 81.7 Å². The van der Waals surface area contributed by atoms with Gasteiger partial charge in [0, 0.05) is 40.4 Å². The number of benzene rings is 2. The predicted octanol–water partition coefficient (Wildman–Crippen LogP) is 4.36. The molecule has 4 rings (SSSR count). The highest BCUT2D eigenvalue weighted by atomic mass is 16.6. The summed E-state index contributed by atoms with van der Waals surface area (Å²) in [5.41, 5.74) is 3.38. The van der Waals surface area contributed by atoms with Gasteiger partial charge in [-0.05, 0) is 38.4 Å². The van der Waals surface area contributed by atoms with Gasteiger partial charge in [-0.1, -0.05) is 44.2 Å². The molecule has 0 saturated carbocycles. The molecule has 3 aromatic rings. The maximum atomic E-state index is 6.34. The normalized spacial score (nSPS) is 19.6. The highest BCUT2D eigenvalue weighted by Gasteiger charge is 2.46. The average Bonchev–Trinajstić information content (AvgIpc) is 2.90. The second-order valence-corrected chi connectivity index (χ2v) is 8.19. The highest BCUT2D eigenvalue weighted by molar-refractivity contribution is 6.61. The molecule has 0 atom stereocenters. The molecule has 3 nitrogen and oxygen atoms in total. The van der Waals surface area contributed by atoms with Gasteiger partial charge in [0.15, 0.2) is 0 Å². The molecule has 0 radical (unpaired) electrons. The zero-order chi connectivity index (χ0) is 17.8. The van der Waals surface area contributed by atoms with E-state index in [1.807, 2.05) is 0 Å². The molecule has 2 heterocycles. The number of para-hydroxylation sites is 1. The van der Waals surface area contributed by atoms with Crippen molar-refractivity contribution in [2.75, 3.05) is 6.61 Å². The fraction of sp³-hybridized carbons (Fsp3) is 0.429. The van der Waals surface area contributed by atoms with Crippen molar-refractivity contribution in [1.82, 2.24) is 4.57 Å². The second-order valence-electron chi connectivity index (χ2n) is 8.19. The fourth-order valence-electron chi connectivity index (χ4n) is 3.64. The van der Waals surface area contributed by atoms with E-state index in [9.17, 15) is 0 Å². The van der Waals surface area contributed by atoms with E-state index in [1.54, 1.807) is 0 Å². The van der Waals surface area contributed by atoms with Gasteiger partial charge in [-0.3, -0.25) is 0 Å².